The van der Waals surface area contributed by atoms with Gasteiger partial charge in [0.05, 0.1) is 23.3 Å². The average molecular weight is 310 g/mol. The van der Waals surface area contributed by atoms with Gasteiger partial charge in [-0.15, -0.1) is 0 Å². The van der Waals surface area contributed by atoms with E-state index in [0.29, 0.717) is 0 Å². The zero-order valence-corrected chi connectivity index (χ0v) is 13.8. The molecular weight excluding hydrogens is 292 g/mol. The molecule has 0 atom stereocenters. The summed E-state index contributed by atoms with van der Waals surface area (Å²) in [6.07, 6.45) is 1.87. The Balaban J connectivity index is 1.82. The van der Waals surface area contributed by atoms with Crippen molar-refractivity contribution in [3.63, 3.8) is 0 Å². The maximum Gasteiger partial charge on any atom is 0.128 e. The summed E-state index contributed by atoms with van der Waals surface area (Å²) < 4.78 is 5.46. The van der Waals surface area contributed by atoms with Gasteiger partial charge < -0.3 is 4.74 Å². The van der Waals surface area contributed by atoms with Crippen molar-refractivity contribution >= 4 is 22.7 Å². The van der Waals surface area contributed by atoms with Crippen LogP contribution in [0.15, 0.2) is 47.6 Å². The molecular formula is C18H18N2OS. The molecule has 0 aliphatic heterocycles. The largest absolute Gasteiger partial charge is 0.496 e. The number of thioether (sulfide) groups is 1. The van der Waals surface area contributed by atoms with E-state index in [2.05, 4.69) is 35.1 Å². The Hall–Kier alpha value is -2.07. The van der Waals surface area contributed by atoms with Crippen molar-refractivity contribution < 1.29 is 4.74 Å². The lowest BCUT2D eigenvalue weighted by Gasteiger charge is -2.12. The predicted molar refractivity (Wildman–Crippen MR) is 91.6 cm³/mol. The second-order valence-corrected chi connectivity index (χ2v) is 6.17. The van der Waals surface area contributed by atoms with E-state index in [9.17, 15) is 0 Å². The Labute approximate surface area is 134 Å². The van der Waals surface area contributed by atoms with Gasteiger partial charge in [-0.1, -0.05) is 36.0 Å². The minimum atomic E-state index is 0.786. The maximum atomic E-state index is 5.46. The van der Waals surface area contributed by atoms with Gasteiger partial charge >= 0.3 is 0 Å². The molecule has 0 saturated heterocycles. The fourth-order valence-electron chi connectivity index (χ4n) is 2.49. The van der Waals surface area contributed by atoms with E-state index >= 15 is 0 Å². The normalized spacial score (nSPS) is 10.9. The lowest BCUT2D eigenvalue weighted by molar-refractivity contribution is 0.407. The number of nitrogens with zero attached hydrogens (tertiary/aromatic N) is 2. The molecule has 4 heteroatoms. The molecule has 112 valence electrons. The fourth-order valence-corrected chi connectivity index (χ4v) is 3.39. The molecule has 0 aliphatic rings. The van der Waals surface area contributed by atoms with Gasteiger partial charge in [0.1, 0.15) is 5.75 Å². The number of rotatable bonds is 4. The summed E-state index contributed by atoms with van der Waals surface area (Å²) in [6.45, 7) is 4.07. The van der Waals surface area contributed by atoms with E-state index in [4.69, 9.17) is 4.74 Å². The molecule has 1 aromatic carbocycles. The number of pyridine rings is 2. The van der Waals surface area contributed by atoms with Crippen LogP contribution in [0.5, 0.6) is 5.75 Å². The van der Waals surface area contributed by atoms with Crippen LogP contribution in [0.1, 0.15) is 16.8 Å². The third-order valence-corrected chi connectivity index (χ3v) is 4.62. The lowest BCUT2D eigenvalue weighted by Crippen LogP contribution is -1.98. The first-order valence-corrected chi connectivity index (χ1v) is 8.15. The molecule has 3 nitrogen and oxygen atoms in total. The molecule has 0 unspecified atom stereocenters. The molecule has 3 rings (SSSR count). The highest BCUT2D eigenvalue weighted by atomic mass is 32.2. The summed E-state index contributed by atoms with van der Waals surface area (Å²) >= 11 is 1.70. The molecule has 2 aromatic heterocycles. The van der Waals surface area contributed by atoms with Gasteiger partial charge in [-0.3, -0.25) is 4.98 Å². The maximum absolute atomic E-state index is 5.46. The first-order chi connectivity index (χ1) is 10.7. The Morgan fingerprint density at radius 1 is 1.09 bits per heavy atom. The van der Waals surface area contributed by atoms with Crippen LogP contribution in [0, 0.1) is 13.8 Å². The van der Waals surface area contributed by atoms with Crippen molar-refractivity contribution in [2.24, 2.45) is 0 Å². The average Bonchev–Trinajstić information content (AvgIpc) is 2.54. The van der Waals surface area contributed by atoms with Crippen LogP contribution in [0.3, 0.4) is 0 Å². The molecule has 0 bridgehead atoms. The number of ether oxygens (including phenoxy) is 1. The van der Waals surface area contributed by atoms with E-state index in [0.717, 1.165) is 44.3 Å². The number of hydrogen-bond donors (Lipinski definition) is 0. The summed E-state index contributed by atoms with van der Waals surface area (Å²) in [5, 5.41) is 2.18. The first-order valence-electron chi connectivity index (χ1n) is 7.16. The summed E-state index contributed by atoms with van der Waals surface area (Å²) in [4.78, 5) is 9.22. The standard InChI is InChI=1S/C18H18N2OS/c1-12-10-19-16(13(2)18(12)21-3)11-22-17-9-8-14-6-4-5-7-15(14)20-17/h4-10H,11H2,1-3H3. The lowest BCUT2D eigenvalue weighted by atomic mass is 10.1. The van der Waals surface area contributed by atoms with E-state index in [1.54, 1.807) is 18.9 Å². The molecule has 0 saturated carbocycles. The van der Waals surface area contributed by atoms with Gasteiger partial charge in [-0.2, -0.15) is 0 Å². The van der Waals surface area contributed by atoms with Gasteiger partial charge in [0.25, 0.3) is 0 Å². The highest BCUT2D eigenvalue weighted by molar-refractivity contribution is 7.98. The Morgan fingerprint density at radius 3 is 2.73 bits per heavy atom. The molecule has 0 aliphatic carbocycles. The number of aryl methyl sites for hydroxylation is 1. The van der Waals surface area contributed by atoms with Crippen LogP contribution in [0.2, 0.25) is 0 Å². The van der Waals surface area contributed by atoms with Gasteiger partial charge in [0, 0.05) is 28.5 Å². The predicted octanol–water partition coefficient (Wildman–Crippen LogP) is 4.55. The molecule has 0 spiro atoms. The third kappa shape index (κ3) is 2.92. The smallest absolute Gasteiger partial charge is 0.128 e. The third-order valence-electron chi connectivity index (χ3n) is 3.68. The Morgan fingerprint density at radius 2 is 1.91 bits per heavy atom. The van der Waals surface area contributed by atoms with E-state index in [1.807, 2.05) is 31.3 Å². The molecule has 0 fully saturated rings. The zero-order valence-electron chi connectivity index (χ0n) is 13.0. The summed E-state index contributed by atoms with van der Waals surface area (Å²) in [5.74, 6) is 1.71. The van der Waals surface area contributed by atoms with Gasteiger partial charge in [-0.25, -0.2) is 4.98 Å². The minimum absolute atomic E-state index is 0.786. The number of benzene rings is 1. The van der Waals surface area contributed by atoms with Crippen molar-refractivity contribution in [3.05, 3.63) is 59.4 Å². The summed E-state index contributed by atoms with van der Waals surface area (Å²) in [7, 11) is 1.71. The highest BCUT2D eigenvalue weighted by Crippen LogP contribution is 2.29. The summed E-state index contributed by atoms with van der Waals surface area (Å²) in [6, 6.07) is 12.3. The minimum Gasteiger partial charge on any atom is -0.496 e. The number of para-hydroxylation sites is 1. The van der Waals surface area contributed by atoms with Crippen molar-refractivity contribution in [3.8, 4) is 5.75 Å². The van der Waals surface area contributed by atoms with E-state index in [1.165, 1.54) is 0 Å². The number of methoxy groups -OCH3 is 1. The van der Waals surface area contributed by atoms with Crippen LogP contribution in [-0.2, 0) is 5.75 Å². The molecule has 0 radical (unpaired) electrons. The number of fused-ring (bicyclic) bond motifs is 1. The Bertz CT molecular complexity index is 817. The topological polar surface area (TPSA) is 35.0 Å². The highest BCUT2D eigenvalue weighted by Gasteiger charge is 2.10. The second-order valence-electron chi connectivity index (χ2n) is 5.18. The molecule has 3 aromatic rings. The monoisotopic (exact) mass is 310 g/mol. The van der Waals surface area contributed by atoms with Gasteiger partial charge in [0.2, 0.25) is 0 Å². The number of hydrogen-bond acceptors (Lipinski definition) is 4. The SMILES string of the molecule is COc1c(C)cnc(CSc2ccc3ccccc3n2)c1C. The second kappa shape index (κ2) is 6.36. The Kier molecular flexibility index (Phi) is 4.29. The zero-order chi connectivity index (χ0) is 15.5. The molecule has 0 N–H and O–H groups in total. The van der Waals surface area contributed by atoms with Crippen LogP contribution < -0.4 is 4.74 Å². The molecule has 0 amide bonds. The van der Waals surface area contributed by atoms with Crippen molar-refractivity contribution in [2.45, 2.75) is 24.6 Å². The first kappa shape index (κ1) is 14.9. The van der Waals surface area contributed by atoms with E-state index in [-0.39, 0.29) is 0 Å². The van der Waals surface area contributed by atoms with Gasteiger partial charge in [-0.05, 0) is 26.0 Å². The van der Waals surface area contributed by atoms with Gasteiger partial charge in [0.15, 0.2) is 0 Å². The summed E-state index contributed by atoms with van der Waals surface area (Å²) in [5.41, 5.74) is 4.24. The van der Waals surface area contributed by atoms with Crippen LogP contribution in [-0.4, -0.2) is 17.1 Å². The van der Waals surface area contributed by atoms with Crippen LogP contribution in [0.4, 0.5) is 0 Å². The van der Waals surface area contributed by atoms with E-state index < -0.39 is 0 Å². The molecule has 22 heavy (non-hydrogen) atoms. The van der Waals surface area contributed by atoms with Crippen molar-refractivity contribution in [1.29, 1.82) is 0 Å². The van der Waals surface area contributed by atoms with Crippen LogP contribution in [0.25, 0.3) is 10.9 Å². The quantitative estimate of drug-likeness (QED) is 0.662. The van der Waals surface area contributed by atoms with Crippen molar-refractivity contribution in [2.75, 3.05) is 7.11 Å². The fraction of sp³-hybridized carbons (Fsp3) is 0.222. The number of aromatic nitrogens is 2. The molecule has 2 heterocycles. The van der Waals surface area contributed by atoms with Crippen LogP contribution >= 0.6 is 11.8 Å². The van der Waals surface area contributed by atoms with Crippen molar-refractivity contribution in [1.82, 2.24) is 9.97 Å².